The maximum absolute atomic E-state index is 2.31. The Balaban J connectivity index is 0. The first-order valence-corrected chi connectivity index (χ1v) is 9.12. The number of unbranched alkanes of at least 4 members (excludes halogenated alkanes) is 3. The van der Waals surface area contributed by atoms with E-state index < -0.39 is 0 Å². The van der Waals surface area contributed by atoms with Crippen LogP contribution in [0.1, 0.15) is 85.0 Å². The van der Waals surface area contributed by atoms with Crippen LogP contribution in [-0.4, -0.2) is 0 Å². The molecule has 1 aliphatic rings. The number of halogens is 2. The maximum Gasteiger partial charge on any atom is -0.147 e. The molecule has 117 valence electrons. The SMILES string of the molecule is CCCCC1=C(CCCC)C(CCCC)=[C]([Zr])C1.Cl.Cl. The largest absolute Gasteiger partial charge is 0.147 e. The average molecular weight is 398 g/mol. The Morgan fingerprint density at radius 2 is 1.20 bits per heavy atom. The zero-order valence-electron chi connectivity index (χ0n) is 13.4. The Morgan fingerprint density at radius 3 is 1.70 bits per heavy atom. The fraction of sp³-hybridized carbons (Fsp3) is 0.765. The zero-order valence-corrected chi connectivity index (χ0v) is 17.5. The summed E-state index contributed by atoms with van der Waals surface area (Å²) in [6.07, 6.45) is 13.5. The molecule has 3 heteroatoms. The van der Waals surface area contributed by atoms with Gasteiger partial charge in [-0.15, -0.1) is 24.8 Å². The molecular weight excluding hydrogens is 366 g/mol. The summed E-state index contributed by atoms with van der Waals surface area (Å²) in [5.41, 5.74) is 5.39. The summed E-state index contributed by atoms with van der Waals surface area (Å²) >= 11 is 1.67. The number of allylic oxidation sites excluding steroid dienone is 4. The molecule has 0 atom stereocenters. The predicted octanol–water partition coefficient (Wildman–Crippen LogP) is 6.90. The fourth-order valence-electron chi connectivity index (χ4n) is 2.79. The van der Waals surface area contributed by atoms with Crippen LogP contribution in [0.5, 0.6) is 0 Å². The van der Waals surface area contributed by atoms with E-state index in [9.17, 15) is 0 Å². The van der Waals surface area contributed by atoms with Crippen LogP contribution in [0.4, 0.5) is 0 Å². The summed E-state index contributed by atoms with van der Waals surface area (Å²) in [6, 6.07) is 0. The van der Waals surface area contributed by atoms with Crippen molar-refractivity contribution in [3.63, 3.8) is 0 Å². The summed E-state index contributed by atoms with van der Waals surface area (Å²) < 4.78 is 1.77. The predicted molar refractivity (Wildman–Crippen MR) is 91.7 cm³/mol. The third-order valence-electron chi connectivity index (χ3n) is 3.94. The monoisotopic (exact) mass is 395 g/mol. The summed E-state index contributed by atoms with van der Waals surface area (Å²) in [5, 5.41) is 0. The second-order valence-electron chi connectivity index (χ2n) is 5.53. The molecule has 0 unspecified atom stereocenters. The normalized spacial score (nSPS) is 14.3. The minimum absolute atomic E-state index is 0. The van der Waals surface area contributed by atoms with Crippen molar-refractivity contribution in [2.75, 3.05) is 0 Å². The molecule has 0 radical (unpaired) electrons. The molecule has 0 aliphatic heterocycles. The van der Waals surface area contributed by atoms with Crippen molar-refractivity contribution in [2.24, 2.45) is 0 Å². The topological polar surface area (TPSA) is 0 Å². The summed E-state index contributed by atoms with van der Waals surface area (Å²) in [4.78, 5) is 0. The number of hydrogen-bond donors (Lipinski definition) is 0. The van der Waals surface area contributed by atoms with Crippen molar-refractivity contribution in [1.29, 1.82) is 0 Å². The average Bonchev–Trinajstić information content (AvgIpc) is 2.67. The molecule has 0 bridgehead atoms. The third kappa shape index (κ3) is 7.28. The Bertz CT molecular complexity index is 319. The van der Waals surface area contributed by atoms with Gasteiger partial charge in [0.05, 0.1) is 0 Å². The summed E-state index contributed by atoms with van der Waals surface area (Å²) in [6.45, 7) is 6.94. The van der Waals surface area contributed by atoms with Gasteiger partial charge in [0.15, 0.2) is 0 Å². The molecule has 0 aromatic rings. The van der Waals surface area contributed by atoms with E-state index in [4.69, 9.17) is 0 Å². The first-order chi connectivity index (χ1) is 8.74. The fourth-order valence-corrected chi connectivity index (χ4v) is 3.99. The van der Waals surface area contributed by atoms with Crippen LogP contribution in [0.2, 0.25) is 0 Å². The van der Waals surface area contributed by atoms with Crippen LogP contribution in [0.15, 0.2) is 20.0 Å². The molecule has 0 amide bonds. The molecule has 1 aliphatic carbocycles. The maximum atomic E-state index is 2.31. The first kappa shape index (κ1) is 23.2. The van der Waals surface area contributed by atoms with Gasteiger partial charge in [-0.2, -0.15) is 0 Å². The van der Waals surface area contributed by atoms with Gasteiger partial charge in [0.1, 0.15) is 0 Å². The van der Waals surface area contributed by atoms with Gasteiger partial charge >= 0.3 is 130 Å². The van der Waals surface area contributed by atoms with Crippen LogP contribution < -0.4 is 0 Å². The Hall–Kier alpha value is 0.943. The molecule has 0 nitrogen and oxygen atoms in total. The second kappa shape index (κ2) is 13.6. The van der Waals surface area contributed by atoms with Gasteiger partial charge < -0.3 is 0 Å². The van der Waals surface area contributed by atoms with E-state index in [0.29, 0.717) is 0 Å². The van der Waals surface area contributed by atoms with Crippen LogP contribution in [0.3, 0.4) is 0 Å². The van der Waals surface area contributed by atoms with E-state index in [1.165, 1.54) is 64.2 Å². The molecule has 0 saturated heterocycles. The number of hydrogen-bond acceptors (Lipinski definition) is 0. The van der Waals surface area contributed by atoms with Crippen molar-refractivity contribution in [2.45, 2.75) is 85.0 Å². The van der Waals surface area contributed by atoms with Crippen molar-refractivity contribution in [3.05, 3.63) is 20.0 Å². The van der Waals surface area contributed by atoms with Crippen LogP contribution >= 0.6 is 24.8 Å². The van der Waals surface area contributed by atoms with Crippen molar-refractivity contribution in [1.82, 2.24) is 0 Å². The van der Waals surface area contributed by atoms with Crippen molar-refractivity contribution in [3.8, 4) is 0 Å². The van der Waals surface area contributed by atoms with Gasteiger partial charge in [-0.3, -0.25) is 0 Å². The molecule has 0 saturated carbocycles. The first-order valence-electron chi connectivity index (χ1n) is 7.89. The van der Waals surface area contributed by atoms with E-state index in [1.54, 1.807) is 39.1 Å². The van der Waals surface area contributed by atoms with Gasteiger partial charge in [0.2, 0.25) is 0 Å². The second-order valence-corrected chi connectivity index (χ2v) is 7.01. The van der Waals surface area contributed by atoms with E-state index in [-0.39, 0.29) is 24.8 Å². The van der Waals surface area contributed by atoms with E-state index in [2.05, 4.69) is 20.8 Å². The van der Waals surface area contributed by atoms with Gasteiger partial charge in [-0.25, -0.2) is 0 Å². The third-order valence-corrected chi connectivity index (χ3v) is 5.11. The van der Waals surface area contributed by atoms with Crippen molar-refractivity contribution >= 4 is 24.8 Å². The molecule has 1 rings (SSSR count). The van der Waals surface area contributed by atoms with E-state index in [0.717, 1.165) is 0 Å². The molecular formula is C17H31Cl2Zr. The summed E-state index contributed by atoms with van der Waals surface area (Å²) in [5.74, 6) is 0. The summed E-state index contributed by atoms with van der Waals surface area (Å²) in [7, 11) is 0. The smallest absolute Gasteiger partial charge is 0.147 e. The molecule has 0 spiro atoms. The quantitative estimate of drug-likeness (QED) is 0.397. The van der Waals surface area contributed by atoms with Crippen molar-refractivity contribution < 1.29 is 24.7 Å². The molecule has 0 N–H and O–H groups in total. The van der Waals surface area contributed by atoms with Crippen LogP contribution in [-0.2, 0) is 24.7 Å². The Morgan fingerprint density at radius 1 is 0.750 bits per heavy atom. The Kier molecular flexibility index (Phi) is 15.8. The van der Waals surface area contributed by atoms with E-state index >= 15 is 0 Å². The van der Waals surface area contributed by atoms with Gasteiger partial charge in [0.25, 0.3) is 0 Å². The zero-order chi connectivity index (χ0) is 13.4. The molecule has 0 heterocycles. The molecule has 0 aromatic heterocycles. The number of rotatable bonds is 9. The van der Waals surface area contributed by atoms with Crippen LogP contribution in [0, 0.1) is 0 Å². The minimum Gasteiger partial charge on any atom is -0.147 e. The van der Waals surface area contributed by atoms with Gasteiger partial charge in [0, 0.05) is 0 Å². The molecule has 0 fully saturated rings. The molecule has 0 aromatic carbocycles. The van der Waals surface area contributed by atoms with Gasteiger partial charge in [-0.1, -0.05) is 0 Å². The molecule has 20 heavy (non-hydrogen) atoms. The van der Waals surface area contributed by atoms with Gasteiger partial charge in [-0.05, 0) is 0 Å². The van der Waals surface area contributed by atoms with Crippen LogP contribution in [0.25, 0.3) is 0 Å². The standard InChI is InChI=1S/C17H29.2ClH.Zr/c1-4-7-10-15-13-14-16(11-8-5-2)17(15)12-9-6-3;;;/h4-13H2,1-3H3;2*1H;. The Labute approximate surface area is 153 Å². The van der Waals surface area contributed by atoms with E-state index in [1.807, 2.05) is 5.57 Å². The minimum atomic E-state index is 0.